The molecule has 3 rings (SSSR count). The lowest BCUT2D eigenvalue weighted by atomic mass is 9.91. The summed E-state index contributed by atoms with van der Waals surface area (Å²) in [5, 5.41) is 0. The second-order valence-corrected chi connectivity index (χ2v) is 8.97. The number of methoxy groups -OCH3 is 1. The van der Waals surface area contributed by atoms with Gasteiger partial charge in [0.15, 0.2) is 0 Å². The summed E-state index contributed by atoms with van der Waals surface area (Å²) >= 11 is 0. The van der Waals surface area contributed by atoms with Crippen LogP contribution in [0.5, 0.6) is 0 Å². The summed E-state index contributed by atoms with van der Waals surface area (Å²) in [5.41, 5.74) is 2.20. The molecule has 2 fully saturated rings. The number of nitrogens with zero attached hydrogens (tertiary/aromatic N) is 1. The number of allylic oxidation sites excluding steroid dienone is 1. The van der Waals surface area contributed by atoms with Gasteiger partial charge in [0.2, 0.25) is 10.0 Å². The zero-order chi connectivity index (χ0) is 17.7. The van der Waals surface area contributed by atoms with Crippen molar-refractivity contribution in [3.63, 3.8) is 0 Å². The Morgan fingerprint density at radius 2 is 1.88 bits per heavy atom. The second-order valence-electron chi connectivity index (χ2n) is 7.03. The molecule has 24 heavy (non-hydrogen) atoms. The molecule has 1 heterocycles. The van der Waals surface area contributed by atoms with Crippen molar-refractivity contribution in [2.45, 2.75) is 32.1 Å². The van der Waals surface area contributed by atoms with Gasteiger partial charge in [-0.05, 0) is 45.2 Å². The second kappa shape index (κ2) is 5.70. The van der Waals surface area contributed by atoms with Gasteiger partial charge in [-0.25, -0.2) is 13.2 Å². The highest BCUT2D eigenvalue weighted by molar-refractivity contribution is 7.89. The highest BCUT2D eigenvalue weighted by atomic mass is 32.2. The van der Waals surface area contributed by atoms with Crippen molar-refractivity contribution in [1.82, 2.24) is 4.31 Å². The zero-order valence-electron chi connectivity index (χ0n) is 14.5. The van der Waals surface area contributed by atoms with Gasteiger partial charge in [0.1, 0.15) is 0 Å². The van der Waals surface area contributed by atoms with Gasteiger partial charge in [0, 0.05) is 24.1 Å². The third-order valence-electron chi connectivity index (χ3n) is 5.16. The molecule has 0 spiro atoms. The Bertz CT molecular complexity index is 806. The van der Waals surface area contributed by atoms with Gasteiger partial charge < -0.3 is 4.74 Å². The fourth-order valence-electron chi connectivity index (χ4n) is 3.87. The topological polar surface area (TPSA) is 63.7 Å². The molecule has 0 amide bonds. The summed E-state index contributed by atoms with van der Waals surface area (Å²) in [6, 6.07) is 6.89. The molecule has 2 atom stereocenters. The molecule has 130 valence electrons. The van der Waals surface area contributed by atoms with Crippen molar-refractivity contribution in [3.05, 3.63) is 41.0 Å². The molecule has 1 saturated heterocycles. The van der Waals surface area contributed by atoms with Crippen LogP contribution in [0, 0.1) is 18.3 Å². The van der Waals surface area contributed by atoms with Gasteiger partial charge in [-0.2, -0.15) is 4.31 Å². The van der Waals surface area contributed by atoms with E-state index in [4.69, 9.17) is 4.74 Å². The lowest BCUT2D eigenvalue weighted by molar-refractivity contribution is -0.137. The predicted octanol–water partition coefficient (Wildman–Crippen LogP) is 2.52. The summed E-state index contributed by atoms with van der Waals surface area (Å²) in [6.45, 7) is 6.50. The van der Waals surface area contributed by atoms with Crippen LogP contribution in [0.25, 0.3) is 0 Å². The number of carbonyl (C=O) groups excluding carboxylic acids is 1. The maximum Gasteiger partial charge on any atom is 0.334 e. The van der Waals surface area contributed by atoms with E-state index >= 15 is 0 Å². The highest BCUT2D eigenvalue weighted by Gasteiger charge is 2.65. The molecule has 0 N–H and O–H groups in total. The minimum absolute atomic E-state index is 0.196. The van der Waals surface area contributed by atoms with E-state index in [1.54, 1.807) is 24.3 Å². The minimum Gasteiger partial charge on any atom is -0.466 e. The van der Waals surface area contributed by atoms with Crippen LogP contribution in [0.4, 0.5) is 0 Å². The molecular weight excluding hydrogens is 326 g/mol. The first-order chi connectivity index (χ1) is 11.2. The molecule has 6 heteroatoms. The molecule has 0 radical (unpaired) electrons. The van der Waals surface area contributed by atoms with Crippen LogP contribution < -0.4 is 0 Å². The Kier molecular flexibility index (Phi) is 4.08. The van der Waals surface area contributed by atoms with Crippen LogP contribution in [0.3, 0.4) is 0 Å². The number of ether oxygens (including phenoxy) is 1. The molecule has 0 bridgehead atoms. The van der Waals surface area contributed by atoms with Crippen LogP contribution >= 0.6 is 0 Å². The van der Waals surface area contributed by atoms with Gasteiger partial charge in [-0.1, -0.05) is 23.3 Å². The van der Waals surface area contributed by atoms with Crippen molar-refractivity contribution in [2.24, 2.45) is 11.3 Å². The largest absolute Gasteiger partial charge is 0.466 e. The fraction of sp³-hybridized carbons (Fsp3) is 0.500. The van der Waals surface area contributed by atoms with Gasteiger partial charge in [-0.3, -0.25) is 0 Å². The van der Waals surface area contributed by atoms with E-state index in [9.17, 15) is 13.2 Å². The smallest absolute Gasteiger partial charge is 0.334 e. The Morgan fingerprint density at radius 1 is 1.25 bits per heavy atom. The predicted molar refractivity (Wildman–Crippen MR) is 90.9 cm³/mol. The summed E-state index contributed by atoms with van der Waals surface area (Å²) < 4.78 is 32.2. The van der Waals surface area contributed by atoms with Gasteiger partial charge in [0.05, 0.1) is 12.0 Å². The zero-order valence-corrected chi connectivity index (χ0v) is 15.3. The molecule has 1 aliphatic heterocycles. The van der Waals surface area contributed by atoms with Gasteiger partial charge in [0.25, 0.3) is 0 Å². The molecule has 1 aromatic rings. The van der Waals surface area contributed by atoms with E-state index in [1.165, 1.54) is 11.4 Å². The van der Waals surface area contributed by atoms with Crippen molar-refractivity contribution >= 4 is 16.0 Å². The van der Waals surface area contributed by atoms with E-state index in [0.29, 0.717) is 23.6 Å². The number of piperidine rings is 1. The number of benzene rings is 1. The maximum atomic E-state index is 12.9. The molecular formula is C18H23NO4S. The molecule has 5 nitrogen and oxygen atoms in total. The summed E-state index contributed by atoms with van der Waals surface area (Å²) in [6.07, 6.45) is 0.850. The quantitative estimate of drug-likeness (QED) is 0.619. The molecule has 2 aliphatic rings. The number of hydrogen-bond acceptors (Lipinski definition) is 4. The normalized spacial score (nSPS) is 25.9. The number of esters is 1. The Balaban J connectivity index is 1.90. The van der Waals surface area contributed by atoms with Gasteiger partial charge >= 0.3 is 5.97 Å². The average molecular weight is 349 g/mol. The van der Waals surface area contributed by atoms with E-state index in [1.807, 2.05) is 20.8 Å². The molecule has 1 aliphatic carbocycles. The SMILES string of the molecule is COC(=O)C(=C(C)C)C12CC1CN(S(=O)(=O)c1ccc(C)cc1)C2. The fourth-order valence-corrected chi connectivity index (χ4v) is 5.43. The first kappa shape index (κ1) is 17.2. The van der Waals surface area contributed by atoms with Crippen LogP contribution in [-0.4, -0.2) is 38.9 Å². The van der Waals surface area contributed by atoms with Crippen molar-refractivity contribution in [3.8, 4) is 0 Å². The van der Waals surface area contributed by atoms with Crippen LogP contribution in [0.15, 0.2) is 40.3 Å². The standard InChI is InChI=1S/C18H23NO4S/c1-12(2)16(17(20)23-4)18-9-14(18)10-19(11-18)24(21,22)15-7-5-13(3)6-8-15/h5-8,14H,9-11H2,1-4H3. The Labute approximate surface area is 143 Å². The van der Waals surface area contributed by atoms with Crippen molar-refractivity contribution in [1.29, 1.82) is 0 Å². The van der Waals surface area contributed by atoms with E-state index in [0.717, 1.165) is 17.6 Å². The third-order valence-corrected chi connectivity index (χ3v) is 6.99. The summed E-state index contributed by atoms with van der Waals surface area (Å²) in [4.78, 5) is 12.5. The number of hydrogen-bond donors (Lipinski definition) is 0. The number of aryl methyl sites for hydroxylation is 1. The molecule has 0 aromatic heterocycles. The summed E-state index contributed by atoms with van der Waals surface area (Å²) in [7, 11) is -2.16. The lowest BCUT2D eigenvalue weighted by Gasteiger charge is -2.22. The number of fused-ring (bicyclic) bond motifs is 1. The van der Waals surface area contributed by atoms with Crippen LogP contribution in [-0.2, 0) is 19.6 Å². The lowest BCUT2D eigenvalue weighted by Crippen LogP contribution is -2.33. The summed E-state index contributed by atoms with van der Waals surface area (Å²) in [5.74, 6) is -0.145. The average Bonchev–Trinajstić information content (AvgIpc) is 3.07. The van der Waals surface area contributed by atoms with Crippen LogP contribution in [0.1, 0.15) is 25.8 Å². The van der Waals surface area contributed by atoms with E-state index < -0.39 is 10.0 Å². The first-order valence-corrected chi connectivity index (χ1v) is 9.49. The number of rotatable bonds is 4. The molecule has 1 aromatic carbocycles. The van der Waals surface area contributed by atoms with E-state index in [2.05, 4.69) is 0 Å². The highest BCUT2D eigenvalue weighted by Crippen LogP contribution is 2.63. The molecule has 1 saturated carbocycles. The van der Waals surface area contributed by atoms with Crippen molar-refractivity contribution < 1.29 is 17.9 Å². The third kappa shape index (κ3) is 2.58. The monoisotopic (exact) mass is 349 g/mol. The number of carbonyl (C=O) groups is 1. The number of sulfonamides is 1. The molecule has 2 unspecified atom stereocenters. The Hall–Kier alpha value is -1.66. The van der Waals surface area contributed by atoms with Crippen LogP contribution in [0.2, 0.25) is 0 Å². The van der Waals surface area contributed by atoms with Crippen molar-refractivity contribution in [2.75, 3.05) is 20.2 Å². The van der Waals surface area contributed by atoms with E-state index in [-0.39, 0.29) is 17.3 Å². The Morgan fingerprint density at radius 3 is 2.42 bits per heavy atom. The maximum absolute atomic E-state index is 12.9. The van der Waals surface area contributed by atoms with Gasteiger partial charge in [-0.15, -0.1) is 0 Å². The minimum atomic E-state index is -3.53. The first-order valence-electron chi connectivity index (χ1n) is 8.05.